The number of ketones is 1. The van der Waals surface area contributed by atoms with E-state index in [0.29, 0.717) is 34.0 Å². The van der Waals surface area contributed by atoms with Crippen LogP contribution in [-0.2, 0) is 11.3 Å². The Morgan fingerprint density at radius 2 is 1.92 bits per heavy atom. The molecule has 134 valence electrons. The Kier molecular flexibility index (Phi) is 5.18. The Balaban J connectivity index is 1.68. The maximum absolute atomic E-state index is 12.2. The van der Waals surface area contributed by atoms with Gasteiger partial charge in [-0.05, 0) is 43.3 Å². The molecule has 0 aliphatic carbocycles. The van der Waals surface area contributed by atoms with E-state index in [9.17, 15) is 9.59 Å². The molecule has 0 spiro atoms. The summed E-state index contributed by atoms with van der Waals surface area (Å²) in [6.45, 7) is 2.24. The Bertz CT molecular complexity index is 984. The molecule has 0 aliphatic heterocycles. The van der Waals surface area contributed by atoms with Crippen molar-refractivity contribution < 1.29 is 19.1 Å². The third-order valence-electron chi connectivity index (χ3n) is 3.86. The second-order valence-electron chi connectivity index (χ2n) is 5.46. The van der Waals surface area contributed by atoms with E-state index in [-0.39, 0.29) is 12.4 Å². The van der Waals surface area contributed by atoms with Gasteiger partial charge in [0, 0.05) is 12.1 Å². The number of hydrogen-bond acceptors (Lipinski definition) is 6. The lowest BCUT2D eigenvalue weighted by molar-refractivity contribution is 0.0475. The number of aryl methyl sites for hydroxylation is 1. The largest absolute Gasteiger partial charge is 0.495 e. The molecule has 2 aromatic carbocycles. The Hall–Kier alpha value is -2.93. The van der Waals surface area contributed by atoms with Crippen LogP contribution in [0.5, 0.6) is 5.75 Å². The van der Waals surface area contributed by atoms with Gasteiger partial charge in [-0.15, -0.1) is 5.10 Å². The molecular weight excluding hydrogens is 358 g/mol. The summed E-state index contributed by atoms with van der Waals surface area (Å²) in [5.41, 5.74) is 2.06. The Labute approximate surface area is 154 Å². The first-order valence-corrected chi connectivity index (χ1v) is 8.28. The van der Waals surface area contributed by atoms with Gasteiger partial charge in [0.1, 0.15) is 11.3 Å². The zero-order chi connectivity index (χ0) is 18.7. The van der Waals surface area contributed by atoms with Crippen LogP contribution < -0.4 is 4.74 Å². The summed E-state index contributed by atoms with van der Waals surface area (Å²) < 4.78 is 11.9. The molecule has 26 heavy (non-hydrogen) atoms. The lowest BCUT2D eigenvalue weighted by Gasteiger charge is -2.07. The summed E-state index contributed by atoms with van der Waals surface area (Å²) in [5, 5.41) is 8.32. The van der Waals surface area contributed by atoms with E-state index in [0.717, 1.165) is 5.52 Å². The normalized spacial score (nSPS) is 10.7. The van der Waals surface area contributed by atoms with Crippen molar-refractivity contribution in [2.45, 2.75) is 13.5 Å². The van der Waals surface area contributed by atoms with Gasteiger partial charge in [-0.1, -0.05) is 16.8 Å². The van der Waals surface area contributed by atoms with Crippen LogP contribution in [-0.4, -0.2) is 40.5 Å². The number of nitrogens with zero attached hydrogens (tertiary/aromatic N) is 3. The molecule has 0 N–H and O–H groups in total. The molecule has 0 radical (unpaired) electrons. The second-order valence-corrected chi connectivity index (χ2v) is 5.86. The first-order chi connectivity index (χ1) is 12.5. The fourth-order valence-electron chi connectivity index (χ4n) is 2.47. The molecule has 0 amide bonds. The van der Waals surface area contributed by atoms with Gasteiger partial charge >= 0.3 is 5.97 Å². The maximum atomic E-state index is 12.2. The minimum absolute atomic E-state index is 0.307. The van der Waals surface area contributed by atoms with Crippen LogP contribution in [0.25, 0.3) is 11.0 Å². The summed E-state index contributed by atoms with van der Waals surface area (Å²) >= 11 is 6.00. The van der Waals surface area contributed by atoms with Gasteiger partial charge in [0.2, 0.25) is 0 Å². The van der Waals surface area contributed by atoms with E-state index < -0.39 is 5.97 Å². The highest BCUT2D eigenvalue weighted by molar-refractivity contribution is 6.32. The Morgan fingerprint density at radius 1 is 1.15 bits per heavy atom. The minimum atomic E-state index is -0.606. The number of Topliss-reactive ketones (excluding diaryl/α,β-unsaturated/α-hetero) is 1. The summed E-state index contributed by atoms with van der Waals surface area (Å²) in [6.07, 6.45) is 0. The third kappa shape index (κ3) is 3.52. The van der Waals surface area contributed by atoms with Gasteiger partial charge in [0.05, 0.1) is 23.2 Å². The molecule has 1 aromatic heterocycles. The molecule has 0 atom stereocenters. The van der Waals surface area contributed by atoms with Crippen LogP contribution in [0.1, 0.15) is 27.6 Å². The van der Waals surface area contributed by atoms with Crippen LogP contribution in [0, 0.1) is 0 Å². The zero-order valence-corrected chi connectivity index (χ0v) is 15.0. The fourth-order valence-corrected chi connectivity index (χ4v) is 2.73. The summed E-state index contributed by atoms with van der Waals surface area (Å²) in [6, 6.07) is 9.59. The molecule has 1 heterocycles. The van der Waals surface area contributed by atoms with E-state index in [1.807, 2.05) is 6.92 Å². The lowest BCUT2D eigenvalue weighted by Crippen LogP contribution is -2.14. The number of ether oxygens (including phenoxy) is 2. The maximum Gasteiger partial charge on any atom is 0.338 e. The minimum Gasteiger partial charge on any atom is -0.495 e. The smallest absolute Gasteiger partial charge is 0.338 e. The van der Waals surface area contributed by atoms with E-state index >= 15 is 0 Å². The van der Waals surface area contributed by atoms with Crippen molar-refractivity contribution in [2.24, 2.45) is 0 Å². The van der Waals surface area contributed by atoms with E-state index in [4.69, 9.17) is 21.1 Å². The fraction of sp³-hybridized carbons (Fsp3) is 0.222. The topological polar surface area (TPSA) is 83.3 Å². The lowest BCUT2D eigenvalue weighted by atomic mass is 10.1. The monoisotopic (exact) mass is 373 g/mol. The zero-order valence-electron chi connectivity index (χ0n) is 14.2. The average molecular weight is 374 g/mol. The van der Waals surface area contributed by atoms with Gasteiger partial charge in [-0.3, -0.25) is 4.79 Å². The van der Waals surface area contributed by atoms with Gasteiger partial charge in [0.25, 0.3) is 0 Å². The number of methoxy groups -OCH3 is 1. The van der Waals surface area contributed by atoms with Gasteiger partial charge in [-0.2, -0.15) is 0 Å². The van der Waals surface area contributed by atoms with Crippen molar-refractivity contribution in [3.8, 4) is 5.75 Å². The summed E-state index contributed by atoms with van der Waals surface area (Å²) in [7, 11) is 1.49. The number of benzene rings is 2. The molecule has 0 bridgehead atoms. The number of carbonyl (C=O) groups is 2. The van der Waals surface area contributed by atoms with Crippen molar-refractivity contribution in [1.82, 2.24) is 15.0 Å². The van der Waals surface area contributed by atoms with Crippen LogP contribution in [0.3, 0.4) is 0 Å². The van der Waals surface area contributed by atoms with Crippen molar-refractivity contribution in [3.05, 3.63) is 52.5 Å². The molecule has 3 aromatic rings. The molecule has 0 fully saturated rings. The average Bonchev–Trinajstić information content (AvgIpc) is 3.08. The van der Waals surface area contributed by atoms with Crippen molar-refractivity contribution in [1.29, 1.82) is 0 Å². The molecule has 0 saturated carbocycles. The number of esters is 1. The SMILES string of the molecule is CCn1nnc2cc(C(=O)OCC(=O)c3ccc(OC)c(Cl)c3)ccc21. The van der Waals surface area contributed by atoms with Gasteiger partial charge in [0.15, 0.2) is 12.4 Å². The molecule has 8 heteroatoms. The van der Waals surface area contributed by atoms with Crippen molar-refractivity contribution >= 4 is 34.4 Å². The third-order valence-corrected chi connectivity index (χ3v) is 4.15. The number of aromatic nitrogens is 3. The highest BCUT2D eigenvalue weighted by Gasteiger charge is 2.15. The van der Waals surface area contributed by atoms with E-state index in [1.54, 1.807) is 35.0 Å². The van der Waals surface area contributed by atoms with Crippen LogP contribution in [0.4, 0.5) is 0 Å². The predicted octanol–water partition coefficient (Wildman–Crippen LogP) is 3.15. The number of hydrogen-bond donors (Lipinski definition) is 0. The molecule has 0 saturated heterocycles. The second kappa shape index (κ2) is 7.53. The first kappa shape index (κ1) is 17.9. The highest BCUT2D eigenvalue weighted by Crippen LogP contribution is 2.25. The number of halogens is 1. The first-order valence-electron chi connectivity index (χ1n) is 7.90. The highest BCUT2D eigenvalue weighted by atomic mass is 35.5. The molecular formula is C18H16ClN3O4. The van der Waals surface area contributed by atoms with Crippen molar-refractivity contribution in [2.75, 3.05) is 13.7 Å². The molecule has 0 aliphatic rings. The standard InChI is InChI=1S/C18H16ClN3O4/c1-3-22-15-6-4-12(9-14(15)20-21-22)18(24)26-10-16(23)11-5-7-17(25-2)13(19)8-11/h4-9H,3,10H2,1-2H3. The van der Waals surface area contributed by atoms with Gasteiger partial charge in [-0.25, -0.2) is 9.48 Å². The number of rotatable bonds is 6. The van der Waals surface area contributed by atoms with Crippen LogP contribution >= 0.6 is 11.6 Å². The summed E-state index contributed by atoms with van der Waals surface area (Å²) in [4.78, 5) is 24.4. The van der Waals surface area contributed by atoms with Crippen molar-refractivity contribution in [3.63, 3.8) is 0 Å². The van der Waals surface area contributed by atoms with E-state index in [1.165, 1.54) is 13.2 Å². The quantitative estimate of drug-likeness (QED) is 0.487. The van der Waals surface area contributed by atoms with Crippen LogP contribution in [0.15, 0.2) is 36.4 Å². The molecule has 3 rings (SSSR count). The van der Waals surface area contributed by atoms with Gasteiger partial charge < -0.3 is 9.47 Å². The predicted molar refractivity (Wildman–Crippen MR) is 95.8 cm³/mol. The Morgan fingerprint density at radius 3 is 2.62 bits per heavy atom. The number of carbonyl (C=O) groups excluding carboxylic acids is 2. The summed E-state index contributed by atoms with van der Waals surface area (Å²) in [5.74, 6) is -0.500. The van der Waals surface area contributed by atoms with E-state index in [2.05, 4.69) is 10.3 Å². The number of fused-ring (bicyclic) bond motifs is 1. The molecule has 7 nitrogen and oxygen atoms in total. The van der Waals surface area contributed by atoms with Crippen LogP contribution in [0.2, 0.25) is 5.02 Å². The molecule has 0 unspecified atom stereocenters.